The van der Waals surface area contributed by atoms with Gasteiger partial charge < -0.3 is 5.32 Å². The van der Waals surface area contributed by atoms with Gasteiger partial charge in [-0.25, -0.2) is 9.97 Å². The van der Waals surface area contributed by atoms with Crippen LogP contribution in [0.25, 0.3) is 0 Å². The molecule has 0 aliphatic heterocycles. The lowest BCUT2D eigenvalue weighted by Gasteiger charge is -2.10. The molecule has 0 radical (unpaired) electrons. The minimum Gasteiger partial charge on any atom is -0.354 e. The summed E-state index contributed by atoms with van der Waals surface area (Å²) >= 11 is 5.65. The minimum absolute atomic E-state index is 0.00250. The summed E-state index contributed by atoms with van der Waals surface area (Å²) in [6, 6.07) is -0.423. The van der Waals surface area contributed by atoms with E-state index in [1.165, 1.54) is 0 Å². The quantitative estimate of drug-likeness (QED) is 0.471. The Morgan fingerprint density at radius 2 is 2.33 bits per heavy atom. The van der Waals surface area contributed by atoms with Crippen LogP contribution in [-0.2, 0) is 0 Å². The van der Waals surface area contributed by atoms with Gasteiger partial charge in [-0.15, -0.1) is 10.2 Å². The third-order valence-electron chi connectivity index (χ3n) is 2.06. The Hall–Kier alpha value is -2.36. The monoisotopic (exact) mass is 270 g/mol. The van der Waals surface area contributed by atoms with Crippen molar-refractivity contribution in [1.82, 2.24) is 30.6 Å². The summed E-state index contributed by atoms with van der Waals surface area (Å²) in [5.74, 6) is 0.344. The number of aromatic nitrogens is 6. The van der Waals surface area contributed by atoms with Crippen LogP contribution in [0.3, 0.4) is 0 Å². The minimum atomic E-state index is -0.659. The zero-order valence-corrected chi connectivity index (χ0v) is 9.79. The molecule has 0 aliphatic carbocycles. The van der Waals surface area contributed by atoms with Crippen LogP contribution < -0.4 is 5.32 Å². The normalized spacial score (nSPS) is 12.1. The van der Waals surface area contributed by atoms with Gasteiger partial charge in [0.25, 0.3) is 0 Å². The van der Waals surface area contributed by atoms with Crippen LogP contribution in [0.4, 0.5) is 11.5 Å². The van der Waals surface area contributed by atoms with Crippen molar-refractivity contribution >= 4 is 23.1 Å². The summed E-state index contributed by atoms with van der Waals surface area (Å²) in [4.78, 5) is 17.5. The number of hydrogen-bond acceptors (Lipinski definition) is 8. The smallest absolute Gasteiger partial charge is 0.348 e. The summed E-state index contributed by atoms with van der Waals surface area (Å²) in [6.07, 6.45) is 1.13. The van der Waals surface area contributed by atoms with Crippen molar-refractivity contribution in [2.45, 2.75) is 13.0 Å². The largest absolute Gasteiger partial charge is 0.354 e. The molecule has 0 aromatic carbocycles. The fourth-order valence-electron chi connectivity index (χ4n) is 1.25. The van der Waals surface area contributed by atoms with Gasteiger partial charge in [-0.05, 0) is 6.92 Å². The number of rotatable bonds is 4. The van der Waals surface area contributed by atoms with Gasteiger partial charge in [-0.1, -0.05) is 16.8 Å². The predicted octanol–water partition coefficient (Wildman–Crippen LogP) is 0.724. The van der Waals surface area contributed by atoms with E-state index in [9.17, 15) is 10.1 Å². The summed E-state index contributed by atoms with van der Waals surface area (Å²) in [6.45, 7) is 1.70. The molecule has 10 nitrogen and oxygen atoms in total. The summed E-state index contributed by atoms with van der Waals surface area (Å²) < 4.78 is 0. The molecule has 0 saturated heterocycles. The Morgan fingerprint density at radius 1 is 1.56 bits per heavy atom. The average Bonchev–Trinajstić information content (AvgIpc) is 2.81. The van der Waals surface area contributed by atoms with Crippen LogP contribution in [0.2, 0.25) is 5.15 Å². The molecule has 1 atom stereocenters. The van der Waals surface area contributed by atoms with Crippen molar-refractivity contribution in [3.05, 3.63) is 27.4 Å². The molecule has 2 aromatic heterocycles. The van der Waals surface area contributed by atoms with Crippen LogP contribution in [0, 0.1) is 10.1 Å². The number of anilines is 1. The van der Waals surface area contributed by atoms with Crippen LogP contribution in [0.5, 0.6) is 0 Å². The molecule has 2 rings (SSSR count). The molecule has 0 saturated carbocycles. The molecule has 0 fully saturated rings. The fourth-order valence-corrected chi connectivity index (χ4v) is 1.45. The number of tetrazole rings is 1. The lowest BCUT2D eigenvalue weighted by atomic mass is 10.3. The number of nitrogens with zero attached hydrogens (tertiary/aromatic N) is 6. The molecule has 94 valence electrons. The van der Waals surface area contributed by atoms with Gasteiger partial charge in [-0.2, -0.15) is 5.21 Å². The van der Waals surface area contributed by atoms with Crippen LogP contribution in [-0.4, -0.2) is 35.5 Å². The summed E-state index contributed by atoms with van der Waals surface area (Å²) in [5, 5.41) is 26.6. The molecular weight excluding hydrogens is 264 g/mol. The Bertz CT molecular complexity index is 559. The van der Waals surface area contributed by atoms with Crippen LogP contribution in [0.1, 0.15) is 18.8 Å². The van der Waals surface area contributed by atoms with Gasteiger partial charge in [0.05, 0.1) is 11.0 Å². The Labute approximate surface area is 105 Å². The van der Waals surface area contributed by atoms with E-state index in [-0.39, 0.29) is 11.0 Å². The lowest BCUT2D eigenvalue weighted by molar-refractivity contribution is -0.384. The summed E-state index contributed by atoms with van der Waals surface area (Å²) in [7, 11) is 0. The van der Waals surface area contributed by atoms with Gasteiger partial charge in [0.1, 0.15) is 6.33 Å². The number of aromatic amines is 1. The van der Waals surface area contributed by atoms with Crippen molar-refractivity contribution < 1.29 is 4.92 Å². The van der Waals surface area contributed by atoms with Crippen molar-refractivity contribution in [3.63, 3.8) is 0 Å². The highest BCUT2D eigenvalue weighted by molar-refractivity contribution is 6.31. The second-order valence-corrected chi connectivity index (χ2v) is 3.61. The van der Waals surface area contributed by atoms with Crippen molar-refractivity contribution in [1.29, 1.82) is 0 Å². The molecule has 2 heterocycles. The maximum Gasteiger partial charge on any atom is 0.348 e. The highest BCUT2D eigenvalue weighted by atomic mass is 35.5. The van der Waals surface area contributed by atoms with Gasteiger partial charge >= 0.3 is 5.69 Å². The van der Waals surface area contributed by atoms with E-state index in [4.69, 9.17) is 11.6 Å². The van der Waals surface area contributed by atoms with E-state index in [0.717, 1.165) is 6.33 Å². The summed E-state index contributed by atoms with van der Waals surface area (Å²) in [5.41, 5.74) is -0.394. The number of H-pyrrole nitrogens is 1. The topological polar surface area (TPSA) is 135 Å². The lowest BCUT2D eigenvalue weighted by Crippen LogP contribution is -2.12. The van der Waals surface area contributed by atoms with Crippen molar-refractivity contribution in [2.24, 2.45) is 0 Å². The SMILES string of the molecule is CC(Nc1ncnc(Cl)c1[N+](=O)[O-])c1nn[nH]n1. The van der Waals surface area contributed by atoms with E-state index in [0.29, 0.717) is 5.82 Å². The first kappa shape index (κ1) is 12.1. The van der Waals surface area contributed by atoms with Gasteiger partial charge in [0, 0.05) is 0 Å². The van der Waals surface area contributed by atoms with Crippen LogP contribution in [0.15, 0.2) is 6.33 Å². The Kier molecular flexibility index (Phi) is 3.28. The molecular formula is C7H7ClN8O2. The van der Waals surface area contributed by atoms with Crippen molar-refractivity contribution in [2.75, 3.05) is 5.32 Å². The molecule has 18 heavy (non-hydrogen) atoms. The molecule has 0 spiro atoms. The standard InChI is InChI=1S/C7H7ClN8O2/c1-3(6-12-14-15-13-6)11-7-4(16(17)18)5(8)9-2-10-7/h2-3H,1H3,(H,9,10,11)(H,12,13,14,15). The second kappa shape index (κ2) is 4.87. The van der Waals surface area contributed by atoms with E-state index in [1.54, 1.807) is 6.92 Å². The molecule has 0 amide bonds. The Morgan fingerprint density at radius 3 is 2.94 bits per heavy atom. The average molecular weight is 271 g/mol. The van der Waals surface area contributed by atoms with Gasteiger partial charge in [-0.3, -0.25) is 10.1 Å². The maximum atomic E-state index is 10.9. The third-order valence-corrected chi connectivity index (χ3v) is 2.34. The predicted molar refractivity (Wildman–Crippen MR) is 59.9 cm³/mol. The molecule has 2 aromatic rings. The second-order valence-electron chi connectivity index (χ2n) is 3.25. The first-order valence-corrected chi connectivity index (χ1v) is 5.12. The van der Waals surface area contributed by atoms with E-state index >= 15 is 0 Å². The first-order valence-electron chi connectivity index (χ1n) is 4.74. The molecule has 0 bridgehead atoms. The molecule has 1 unspecified atom stereocenters. The number of nitrogens with one attached hydrogen (secondary N) is 2. The van der Waals surface area contributed by atoms with Gasteiger partial charge in [0.2, 0.25) is 11.0 Å². The zero-order chi connectivity index (χ0) is 13.1. The van der Waals surface area contributed by atoms with E-state index in [2.05, 4.69) is 35.9 Å². The highest BCUT2D eigenvalue weighted by Gasteiger charge is 2.23. The molecule has 2 N–H and O–H groups in total. The Balaban J connectivity index is 2.29. The number of halogens is 1. The van der Waals surface area contributed by atoms with Crippen LogP contribution >= 0.6 is 11.6 Å². The number of hydrogen-bond donors (Lipinski definition) is 2. The molecule has 11 heteroatoms. The maximum absolute atomic E-state index is 10.9. The third kappa shape index (κ3) is 2.32. The van der Waals surface area contributed by atoms with E-state index in [1.807, 2.05) is 0 Å². The molecule has 0 aliphatic rings. The van der Waals surface area contributed by atoms with Crippen molar-refractivity contribution in [3.8, 4) is 0 Å². The highest BCUT2D eigenvalue weighted by Crippen LogP contribution is 2.30. The number of nitro groups is 1. The first-order chi connectivity index (χ1) is 8.59. The van der Waals surface area contributed by atoms with Gasteiger partial charge in [0.15, 0.2) is 5.82 Å². The van der Waals surface area contributed by atoms with E-state index < -0.39 is 16.7 Å². The fraction of sp³-hybridized carbons (Fsp3) is 0.286. The zero-order valence-electron chi connectivity index (χ0n) is 9.03.